The van der Waals surface area contributed by atoms with E-state index >= 15 is 0 Å². The van der Waals surface area contributed by atoms with Crippen LogP contribution in [-0.4, -0.2) is 0 Å². The first-order valence-electron chi connectivity index (χ1n) is 12.9. The molecule has 8 heteroatoms. The van der Waals surface area contributed by atoms with Gasteiger partial charge in [0.05, 0.1) is 0 Å². The predicted molar refractivity (Wildman–Crippen MR) is 127 cm³/mol. The van der Waals surface area contributed by atoms with E-state index in [2.05, 4.69) is 11.3 Å². The van der Waals surface area contributed by atoms with Crippen LogP contribution in [0.2, 0.25) is 0 Å². The van der Waals surface area contributed by atoms with Crippen molar-refractivity contribution in [2.45, 2.75) is 76.2 Å². The van der Waals surface area contributed by atoms with Gasteiger partial charge in [-0.25, -0.2) is 22.0 Å². The van der Waals surface area contributed by atoms with Gasteiger partial charge in [-0.15, -0.1) is 6.58 Å². The molecule has 4 rings (SSSR count). The molecule has 0 saturated heterocycles. The van der Waals surface area contributed by atoms with Gasteiger partial charge >= 0.3 is 6.11 Å². The van der Waals surface area contributed by atoms with Crippen LogP contribution in [0.4, 0.5) is 30.7 Å². The van der Waals surface area contributed by atoms with Crippen LogP contribution in [0.5, 0.6) is 5.75 Å². The number of hydrogen-bond acceptors (Lipinski definition) is 1. The van der Waals surface area contributed by atoms with Crippen molar-refractivity contribution < 1.29 is 35.5 Å². The maximum absolute atomic E-state index is 15.0. The Morgan fingerprint density at radius 2 is 1.35 bits per heavy atom. The Labute approximate surface area is 212 Å². The Bertz CT molecular complexity index is 1080. The number of allylic oxidation sites excluding steroid dienone is 1. The van der Waals surface area contributed by atoms with Crippen molar-refractivity contribution in [2.75, 3.05) is 0 Å². The van der Waals surface area contributed by atoms with Crippen molar-refractivity contribution in [1.29, 1.82) is 0 Å². The summed E-state index contributed by atoms with van der Waals surface area (Å²) in [6.07, 6.45) is 7.63. The molecule has 0 aromatic heterocycles. The van der Waals surface area contributed by atoms with Crippen LogP contribution >= 0.6 is 0 Å². The van der Waals surface area contributed by atoms with Crippen LogP contribution in [0.3, 0.4) is 0 Å². The lowest BCUT2D eigenvalue weighted by Crippen LogP contribution is -2.26. The number of rotatable bonds is 8. The van der Waals surface area contributed by atoms with Gasteiger partial charge in [0, 0.05) is 12.1 Å². The summed E-state index contributed by atoms with van der Waals surface area (Å²) in [6.45, 7) is 3.79. The van der Waals surface area contributed by atoms with Crippen LogP contribution < -0.4 is 4.74 Å². The summed E-state index contributed by atoms with van der Waals surface area (Å²) in [7, 11) is 0. The molecule has 0 atom stereocenters. The Balaban J connectivity index is 1.39. The maximum atomic E-state index is 15.0. The molecule has 0 radical (unpaired) electrons. The van der Waals surface area contributed by atoms with Crippen LogP contribution in [0, 0.1) is 46.8 Å². The molecule has 0 heterocycles. The van der Waals surface area contributed by atoms with Gasteiger partial charge in [0.15, 0.2) is 29.1 Å². The number of alkyl halides is 2. The molecule has 0 bridgehead atoms. The van der Waals surface area contributed by atoms with Gasteiger partial charge in [-0.05, 0) is 86.7 Å². The van der Waals surface area contributed by atoms with Crippen LogP contribution in [0.25, 0.3) is 0 Å². The van der Waals surface area contributed by atoms with E-state index in [1.807, 2.05) is 6.08 Å². The molecule has 0 amide bonds. The zero-order valence-electron chi connectivity index (χ0n) is 20.5. The third kappa shape index (κ3) is 6.15. The molecule has 0 unspecified atom stereocenters. The van der Waals surface area contributed by atoms with Gasteiger partial charge in [0.1, 0.15) is 11.3 Å². The molecule has 202 valence electrons. The number of benzene rings is 2. The first kappa shape index (κ1) is 27.5. The highest BCUT2D eigenvalue weighted by Gasteiger charge is 2.41. The predicted octanol–water partition coefficient (Wildman–Crippen LogP) is 9.56. The third-order valence-corrected chi connectivity index (χ3v) is 8.18. The molecule has 2 fully saturated rings. The highest BCUT2D eigenvalue weighted by Crippen LogP contribution is 2.46. The monoisotopic (exact) mass is 528 g/mol. The Hall–Kier alpha value is -2.51. The van der Waals surface area contributed by atoms with Crippen molar-refractivity contribution >= 4 is 0 Å². The standard InChI is InChI=1S/C29H31F7O/c1-2-3-4-17-5-7-18(8-6-17)19-9-11-20(12-10-19)22-13-14-23(27(33)26(22)32)29(35,36)37-21-15-24(30)28(34)25(31)16-21/h2,13-20H,1,3-12H2. The second-order valence-corrected chi connectivity index (χ2v) is 10.4. The topological polar surface area (TPSA) is 9.23 Å². The van der Waals surface area contributed by atoms with E-state index in [9.17, 15) is 30.7 Å². The largest absolute Gasteiger partial charge is 0.429 e. The van der Waals surface area contributed by atoms with E-state index in [0.29, 0.717) is 24.7 Å². The zero-order chi connectivity index (χ0) is 26.7. The Morgan fingerprint density at radius 3 is 1.92 bits per heavy atom. The second kappa shape index (κ2) is 11.5. The minimum absolute atomic E-state index is 0.0440. The highest BCUT2D eigenvalue weighted by molar-refractivity contribution is 5.33. The number of halogens is 7. The van der Waals surface area contributed by atoms with E-state index in [1.165, 1.54) is 32.1 Å². The summed E-state index contributed by atoms with van der Waals surface area (Å²) < 4.78 is 103. The molecular weight excluding hydrogens is 497 g/mol. The summed E-state index contributed by atoms with van der Waals surface area (Å²) in [5, 5.41) is 0. The minimum Gasteiger partial charge on any atom is -0.429 e. The summed E-state index contributed by atoms with van der Waals surface area (Å²) in [5.74, 6) is -7.90. The fourth-order valence-electron chi connectivity index (χ4n) is 6.10. The van der Waals surface area contributed by atoms with E-state index in [-0.39, 0.29) is 23.6 Å². The highest BCUT2D eigenvalue weighted by atomic mass is 19.3. The fraction of sp³-hybridized carbons (Fsp3) is 0.517. The molecule has 2 aromatic rings. The molecule has 2 aliphatic rings. The van der Waals surface area contributed by atoms with E-state index in [4.69, 9.17) is 0 Å². The zero-order valence-corrected chi connectivity index (χ0v) is 20.5. The lowest BCUT2D eigenvalue weighted by atomic mass is 9.68. The van der Waals surface area contributed by atoms with Gasteiger partial charge in [0.2, 0.25) is 0 Å². The van der Waals surface area contributed by atoms with Gasteiger partial charge < -0.3 is 4.74 Å². The van der Waals surface area contributed by atoms with Crippen LogP contribution in [0.15, 0.2) is 36.9 Å². The third-order valence-electron chi connectivity index (χ3n) is 8.18. The van der Waals surface area contributed by atoms with E-state index < -0.39 is 46.5 Å². The van der Waals surface area contributed by atoms with Gasteiger partial charge in [0.25, 0.3) is 0 Å². The number of ether oxygens (including phenoxy) is 1. The number of hydrogen-bond donors (Lipinski definition) is 0. The molecule has 2 saturated carbocycles. The first-order valence-corrected chi connectivity index (χ1v) is 12.9. The van der Waals surface area contributed by atoms with Gasteiger partial charge in [-0.3, -0.25) is 0 Å². The lowest BCUT2D eigenvalue weighted by Gasteiger charge is -2.38. The van der Waals surface area contributed by atoms with Crippen molar-refractivity contribution in [3.8, 4) is 5.75 Å². The fourth-order valence-corrected chi connectivity index (χ4v) is 6.10. The van der Waals surface area contributed by atoms with Crippen molar-refractivity contribution in [1.82, 2.24) is 0 Å². The molecule has 0 N–H and O–H groups in total. The second-order valence-electron chi connectivity index (χ2n) is 10.4. The Morgan fingerprint density at radius 1 is 0.784 bits per heavy atom. The molecular formula is C29H31F7O. The van der Waals surface area contributed by atoms with Crippen LogP contribution in [-0.2, 0) is 6.11 Å². The lowest BCUT2D eigenvalue weighted by molar-refractivity contribution is -0.188. The molecule has 1 nitrogen and oxygen atoms in total. The average Bonchev–Trinajstić information content (AvgIpc) is 2.87. The smallest absolute Gasteiger partial charge is 0.429 e. The summed E-state index contributed by atoms with van der Waals surface area (Å²) in [4.78, 5) is 0. The van der Waals surface area contributed by atoms with E-state index in [1.54, 1.807) is 0 Å². The van der Waals surface area contributed by atoms with Crippen molar-refractivity contribution in [3.63, 3.8) is 0 Å². The molecule has 0 aliphatic heterocycles. The minimum atomic E-state index is -4.44. The van der Waals surface area contributed by atoms with Crippen LogP contribution in [0.1, 0.15) is 81.3 Å². The SMILES string of the molecule is C=CCCC1CCC(C2CCC(c3ccc(C(F)(F)Oc4cc(F)c(F)c(F)c4)c(F)c3F)CC2)CC1. The quantitative estimate of drug-likeness (QED) is 0.188. The molecule has 37 heavy (non-hydrogen) atoms. The Kier molecular flexibility index (Phi) is 8.54. The summed E-state index contributed by atoms with van der Waals surface area (Å²) >= 11 is 0. The summed E-state index contributed by atoms with van der Waals surface area (Å²) in [6, 6.07) is 2.29. The molecule has 2 aromatic carbocycles. The van der Waals surface area contributed by atoms with Crippen molar-refractivity contribution in [2.24, 2.45) is 17.8 Å². The van der Waals surface area contributed by atoms with Crippen molar-refractivity contribution in [3.05, 3.63) is 77.1 Å². The normalized spacial score (nSPS) is 24.6. The van der Waals surface area contributed by atoms with Gasteiger partial charge in [-0.2, -0.15) is 8.78 Å². The first-order chi connectivity index (χ1) is 17.6. The molecule has 0 spiro atoms. The molecule has 2 aliphatic carbocycles. The maximum Gasteiger partial charge on any atom is 0.429 e. The summed E-state index contributed by atoms with van der Waals surface area (Å²) in [5.41, 5.74) is -1.36. The average molecular weight is 529 g/mol. The van der Waals surface area contributed by atoms with E-state index in [0.717, 1.165) is 37.3 Å². The van der Waals surface area contributed by atoms with Gasteiger partial charge in [-0.1, -0.05) is 25.0 Å².